The molecule has 0 spiro atoms. The number of carboxylic acids is 1. The van der Waals surface area contributed by atoms with E-state index in [1.54, 1.807) is 0 Å². The van der Waals surface area contributed by atoms with Crippen LogP contribution in [-0.2, 0) is 33.3 Å². The summed E-state index contributed by atoms with van der Waals surface area (Å²) >= 11 is 0. The van der Waals surface area contributed by atoms with Gasteiger partial charge in [0.25, 0.3) is 6.29 Å². The highest BCUT2D eigenvalue weighted by molar-refractivity contribution is 5.71. The monoisotopic (exact) mass is 1140 g/mol. The van der Waals surface area contributed by atoms with Crippen LogP contribution in [0.25, 0.3) is 0 Å². The van der Waals surface area contributed by atoms with Crippen molar-refractivity contribution in [2.24, 2.45) is 0 Å². The maximum absolute atomic E-state index is 12.9. The number of nitrogens with zero attached hydrogens (tertiary/aromatic N) is 1. The topological polar surface area (TPSA) is 108 Å². The minimum Gasteiger partial charge on any atom is -0.477 e. The number of carboxylic acid groups (broad SMARTS) is 1. The molecule has 1 N–H and O–H groups in total. The third-order valence-corrected chi connectivity index (χ3v) is 14.9. The number of unbranched alkanes of at least 4 members (excludes halogenated alkanes) is 36. The third kappa shape index (κ3) is 64.1. The maximum Gasteiger partial charge on any atom is 0.361 e. The number of ether oxygens (including phenoxy) is 4. The van der Waals surface area contributed by atoms with Crippen LogP contribution >= 0.6 is 0 Å². The molecule has 0 heterocycles. The molecule has 0 radical (unpaired) electrons. The smallest absolute Gasteiger partial charge is 0.361 e. The van der Waals surface area contributed by atoms with E-state index in [0.717, 1.165) is 83.5 Å². The zero-order valence-corrected chi connectivity index (χ0v) is 53.7. The second-order valence-corrected chi connectivity index (χ2v) is 24.1. The van der Waals surface area contributed by atoms with Gasteiger partial charge in [0.1, 0.15) is 13.2 Å². The van der Waals surface area contributed by atoms with E-state index in [1.807, 2.05) is 21.1 Å². The summed E-state index contributed by atoms with van der Waals surface area (Å²) in [7, 11) is 5.98. The molecular weight excluding hydrogens is 1010 g/mol. The van der Waals surface area contributed by atoms with Crippen LogP contribution in [0.15, 0.2) is 72.9 Å². The fourth-order valence-corrected chi connectivity index (χ4v) is 9.74. The van der Waals surface area contributed by atoms with Gasteiger partial charge in [-0.1, -0.05) is 286 Å². The van der Waals surface area contributed by atoms with E-state index in [0.29, 0.717) is 17.4 Å². The molecule has 0 rings (SSSR count). The van der Waals surface area contributed by atoms with Crippen molar-refractivity contribution in [2.75, 3.05) is 47.5 Å². The summed E-state index contributed by atoms with van der Waals surface area (Å²) in [6.45, 7) is 4.78. The molecule has 0 aromatic rings. The zero-order valence-electron chi connectivity index (χ0n) is 53.7. The molecule has 0 saturated carbocycles. The molecular formula is C72H130NO8+. The Hall–Kier alpha value is -3.27. The SMILES string of the molecule is CC/C=C\C/C=C\C/C=C\C/C=C\C/C=C\CCCCCCCCCCCCCCCCCCCCCCCCCCCC(=O)OC(COC(=O)CCCCCCC/C=C\CCCCCCCC)COC(OCC[N+](C)(C)C)C(=O)O. The average molecular weight is 1140 g/mol. The summed E-state index contributed by atoms with van der Waals surface area (Å²) in [6, 6.07) is 0. The van der Waals surface area contributed by atoms with Gasteiger partial charge in [0, 0.05) is 12.8 Å². The first-order chi connectivity index (χ1) is 39.6. The molecule has 9 heteroatoms. The molecule has 0 bridgehead atoms. The Morgan fingerprint density at radius 3 is 1.06 bits per heavy atom. The number of carbonyl (C=O) groups is 3. The Kier molecular flexibility index (Phi) is 60.2. The van der Waals surface area contributed by atoms with Crippen molar-refractivity contribution in [3.05, 3.63) is 72.9 Å². The van der Waals surface area contributed by atoms with Gasteiger partial charge in [0.05, 0.1) is 34.4 Å². The number of carbonyl (C=O) groups excluding carboxylic acids is 2. The molecule has 0 aromatic heterocycles. The van der Waals surface area contributed by atoms with Crippen molar-refractivity contribution in [2.45, 2.75) is 322 Å². The summed E-state index contributed by atoms with van der Waals surface area (Å²) < 4.78 is 22.9. The molecule has 0 fully saturated rings. The molecule has 0 amide bonds. The summed E-state index contributed by atoms with van der Waals surface area (Å²) in [6.07, 6.45) is 80.3. The molecule has 81 heavy (non-hydrogen) atoms. The Labute approximate surface area is 500 Å². The summed E-state index contributed by atoms with van der Waals surface area (Å²) in [5, 5.41) is 9.72. The molecule has 2 unspecified atom stereocenters. The lowest BCUT2D eigenvalue weighted by atomic mass is 10.0. The van der Waals surface area contributed by atoms with E-state index in [9.17, 15) is 19.5 Å². The molecule has 470 valence electrons. The fourth-order valence-electron chi connectivity index (χ4n) is 9.74. The van der Waals surface area contributed by atoms with Gasteiger partial charge in [-0.3, -0.25) is 9.59 Å². The summed E-state index contributed by atoms with van der Waals surface area (Å²) in [4.78, 5) is 37.5. The molecule has 2 atom stereocenters. The highest BCUT2D eigenvalue weighted by atomic mass is 16.7. The lowest BCUT2D eigenvalue weighted by Crippen LogP contribution is -2.40. The first kappa shape index (κ1) is 77.7. The van der Waals surface area contributed by atoms with E-state index in [-0.39, 0.29) is 32.2 Å². The van der Waals surface area contributed by atoms with Gasteiger partial charge in [-0.2, -0.15) is 0 Å². The molecule has 0 aliphatic heterocycles. The van der Waals surface area contributed by atoms with E-state index in [4.69, 9.17) is 18.9 Å². The van der Waals surface area contributed by atoms with Crippen LogP contribution in [0, 0.1) is 0 Å². The molecule has 0 aliphatic carbocycles. The first-order valence-electron chi connectivity index (χ1n) is 34.1. The minimum absolute atomic E-state index is 0.183. The van der Waals surface area contributed by atoms with Crippen LogP contribution in [0.5, 0.6) is 0 Å². The third-order valence-electron chi connectivity index (χ3n) is 14.9. The van der Waals surface area contributed by atoms with Crippen molar-refractivity contribution in [3.8, 4) is 0 Å². The average Bonchev–Trinajstić information content (AvgIpc) is 3.44. The number of quaternary nitrogens is 1. The highest BCUT2D eigenvalue weighted by Gasteiger charge is 2.25. The van der Waals surface area contributed by atoms with Crippen LogP contribution in [0.1, 0.15) is 309 Å². The molecule has 0 aromatic carbocycles. The van der Waals surface area contributed by atoms with Gasteiger partial charge in [-0.15, -0.1) is 0 Å². The number of likely N-dealkylation sites (N-methyl/N-ethyl adjacent to an activating group) is 1. The predicted octanol–water partition coefficient (Wildman–Crippen LogP) is 20.9. The normalized spacial score (nSPS) is 13.1. The fraction of sp³-hybridized carbons (Fsp3) is 0.792. The van der Waals surface area contributed by atoms with Crippen molar-refractivity contribution >= 4 is 17.9 Å². The number of allylic oxidation sites excluding steroid dienone is 12. The van der Waals surface area contributed by atoms with Gasteiger partial charge in [0.15, 0.2) is 6.10 Å². The van der Waals surface area contributed by atoms with Crippen LogP contribution < -0.4 is 0 Å². The standard InChI is InChI=1S/C72H129NO8/c1-6-8-10-12-14-16-18-20-22-23-24-25-26-27-28-29-30-31-32-33-34-35-36-37-38-39-40-41-42-43-44-45-46-47-49-51-53-55-57-59-61-63-70(75)81-68(67-80-72(71(76)77)78-65-64-73(3,4)5)66-79-69(74)62-60-58-56-54-52-50-48-21-19-17-15-13-11-9-7-2/h8,10,14,16,20-22,24-25,27-28,48,68,72H,6-7,9,11-13,15,17-19,23,26,29-47,49-67H2,1-5H3/p+1/b10-8-,16-14-,22-20-,25-24-,28-27-,48-21-. The maximum atomic E-state index is 12.9. The minimum atomic E-state index is -1.51. The van der Waals surface area contributed by atoms with Crippen molar-refractivity contribution in [1.29, 1.82) is 0 Å². The van der Waals surface area contributed by atoms with Crippen LogP contribution in [0.3, 0.4) is 0 Å². The summed E-state index contributed by atoms with van der Waals surface area (Å²) in [5.74, 6) is -2.00. The quantitative estimate of drug-likeness (QED) is 0.0211. The number of hydrogen-bond donors (Lipinski definition) is 1. The Balaban J connectivity index is 3.94. The molecule has 0 saturated heterocycles. The van der Waals surface area contributed by atoms with Gasteiger partial charge < -0.3 is 28.5 Å². The van der Waals surface area contributed by atoms with E-state index in [1.165, 1.54) is 199 Å². The number of esters is 2. The van der Waals surface area contributed by atoms with Crippen molar-refractivity contribution in [3.63, 3.8) is 0 Å². The van der Waals surface area contributed by atoms with E-state index >= 15 is 0 Å². The lowest BCUT2D eigenvalue weighted by molar-refractivity contribution is -0.870. The first-order valence-corrected chi connectivity index (χ1v) is 34.1. The van der Waals surface area contributed by atoms with Gasteiger partial charge in [-0.05, 0) is 83.5 Å². The van der Waals surface area contributed by atoms with Gasteiger partial charge >= 0.3 is 17.9 Å². The van der Waals surface area contributed by atoms with E-state index in [2.05, 4.69) is 86.8 Å². The van der Waals surface area contributed by atoms with Crippen LogP contribution in [0.2, 0.25) is 0 Å². The number of hydrogen-bond acceptors (Lipinski definition) is 7. The van der Waals surface area contributed by atoms with Gasteiger partial charge in [0.2, 0.25) is 0 Å². The second-order valence-electron chi connectivity index (χ2n) is 24.1. The second kappa shape index (κ2) is 62.8. The zero-order chi connectivity index (χ0) is 59.1. The number of rotatable bonds is 63. The van der Waals surface area contributed by atoms with Crippen molar-refractivity contribution < 1.29 is 42.9 Å². The number of aliphatic carboxylic acids is 1. The Morgan fingerprint density at radius 2 is 0.704 bits per heavy atom. The highest BCUT2D eigenvalue weighted by Crippen LogP contribution is 2.18. The largest absolute Gasteiger partial charge is 0.477 e. The lowest BCUT2D eigenvalue weighted by Gasteiger charge is -2.25. The Bertz CT molecular complexity index is 1560. The van der Waals surface area contributed by atoms with Crippen molar-refractivity contribution in [1.82, 2.24) is 0 Å². The van der Waals surface area contributed by atoms with Crippen LogP contribution in [0.4, 0.5) is 0 Å². The van der Waals surface area contributed by atoms with E-state index < -0.39 is 24.3 Å². The predicted molar refractivity (Wildman–Crippen MR) is 346 cm³/mol. The molecule has 9 nitrogen and oxygen atoms in total. The summed E-state index contributed by atoms with van der Waals surface area (Å²) in [5.41, 5.74) is 0. The van der Waals surface area contributed by atoms with Crippen LogP contribution in [-0.4, -0.2) is 87.4 Å². The molecule has 0 aliphatic rings. The van der Waals surface area contributed by atoms with Gasteiger partial charge in [-0.25, -0.2) is 4.79 Å². The Morgan fingerprint density at radius 1 is 0.383 bits per heavy atom.